The van der Waals surface area contributed by atoms with Crippen molar-refractivity contribution in [1.29, 1.82) is 0 Å². The van der Waals surface area contributed by atoms with E-state index in [2.05, 4.69) is 10.6 Å². The van der Waals surface area contributed by atoms with Gasteiger partial charge in [0.2, 0.25) is 0 Å². The van der Waals surface area contributed by atoms with E-state index in [0.717, 1.165) is 18.8 Å². The van der Waals surface area contributed by atoms with Gasteiger partial charge in [-0.1, -0.05) is 0 Å². The van der Waals surface area contributed by atoms with Crippen molar-refractivity contribution in [2.75, 3.05) is 38.2 Å². The van der Waals surface area contributed by atoms with Crippen LogP contribution in [0.15, 0.2) is 18.2 Å². The molecule has 104 valence electrons. The number of nitrogens with one attached hydrogen (secondary N) is 2. The lowest BCUT2D eigenvalue weighted by atomic mass is 10.1. The monoisotopic (exact) mass is 267 g/mol. The Labute approximate surface area is 111 Å². The number of rotatable bonds is 3. The molecule has 1 heterocycles. The number of benzene rings is 1. The van der Waals surface area contributed by atoms with E-state index in [9.17, 15) is 9.18 Å². The molecule has 0 bridgehead atoms. The number of nitrogens with zero attached hydrogens (tertiary/aromatic N) is 1. The number of carbonyl (C=O) groups excluding carboxylic acids is 1. The Kier molecular flexibility index (Phi) is 4.34. The minimum Gasteiger partial charge on any atom is -0.395 e. The minimum absolute atomic E-state index is 0.00423. The highest BCUT2D eigenvalue weighted by atomic mass is 19.1. The van der Waals surface area contributed by atoms with Gasteiger partial charge in [-0.05, 0) is 18.2 Å². The molecule has 0 unspecified atom stereocenters. The molecule has 6 heteroatoms. The van der Waals surface area contributed by atoms with Crippen LogP contribution in [-0.2, 0) is 0 Å². The Bertz CT molecular complexity index is 467. The molecule has 1 saturated heterocycles. The first kappa shape index (κ1) is 13.8. The maximum atomic E-state index is 13.9. The summed E-state index contributed by atoms with van der Waals surface area (Å²) in [4.78, 5) is 13.4. The molecule has 19 heavy (non-hydrogen) atoms. The highest BCUT2D eigenvalue weighted by Gasteiger charge is 2.20. The maximum Gasteiger partial charge on any atom is 0.253 e. The number of aliphatic hydroxyl groups excluding tert-OH is 1. The van der Waals surface area contributed by atoms with Crippen molar-refractivity contribution in [3.63, 3.8) is 0 Å². The second kappa shape index (κ2) is 5.99. The molecule has 0 aliphatic carbocycles. The van der Waals surface area contributed by atoms with Gasteiger partial charge < -0.3 is 20.6 Å². The fourth-order valence-corrected chi connectivity index (χ4v) is 2.20. The predicted octanol–water partition coefficient (Wildman–Crippen LogP) is -0.0442. The number of anilines is 1. The minimum atomic E-state index is -0.532. The second-order valence-electron chi connectivity index (χ2n) is 4.52. The van der Waals surface area contributed by atoms with Gasteiger partial charge in [0.05, 0.1) is 12.2 Å². The van der Waals surface area contributed by atoms with Gasteiger partial charge in [0.15, 0.2) is 0 Å². The van der Waals surface area contributed by atoms with Gasteiger partial charge in [-0.3, -0.25) is 4.79 Å². The lowest BCUT2D eigenvalue weighted by Gasteiger charge is -2.34. The standard InChI is InChI=1S/C13H18FN3O2/c1-15-13(19)11-3-2-10(6-12(11)14)17-5-4-16-9(7-17)8-18/h2-3,6,9,16,18H,4-5,7-8H2,1H3,(H,15,19)/t9-/m1/s1. The molecule has 1 fully saturated rings. The third kappa shape index (κ3) is 3.02. The van der Waals surface area contributed by atoms with Crippen molar-refractivity contribution < 1.29 is 14.3 Å². The van der Waals surface area contributed by atoms with E-state index in [1.165, 1.54) is 19.2 Å². The Balaban J connectivity index is 2.17. The molecular weight excluding hydrogens is 249 g/mol. The molecule has 1 aliphatic heterocycles. The molecule has 1 aromatic rings. The number of hydrogen-bond donors (Lipinski definition) is 3. The summed E-state index contributed by atoms with van der Waals surface area (Å²) in [7, 11) is 1.47. The Morgan fingerprint density at radius 3 is 3.05 bits per heavy atom. The number of amides is 1. The molecule has 1 aromatic carbocycles. The van der Waals surface area contributed by atoms with Gasteiger partial charge in [-0.2, -0.15) is 0 Å². The summed E-state index contributed by atoms with van der Waals surface area (Å²) in [6, 6.07) is 4.58. The van der Waals surface area contributed by atoms with E-state index < -0.39 is 11.7 Å². The fourth-order valence-electron chi connectivity index (χ4n) is 2.20. The Morgan fingerprint density at radius 2 is 2.42 bits per heavy atom. The molecule has 5 nitrogen and oxygen atoms in total. The lowest BCUT2D eigenvalue weighted by molar-refractivity contribution is 0.0959. The molecule has 0 radical (unpaired) electrons. The van der Waals surface area contributed by atoms with Crippen LogP contribution in [0.1, 0.15) is 10.4 Å². The molecule has 3 N–H and O–H groups in total. The average Bonchev–Trinajstić information content (AvgIpc) is 2.46. The Morgan fingerprint density at radius 1 is 1.63 bits per heavy atom. The molecule has 0 saturated carbocycles. The van der Waals surface area contributed by atoms with Crippen LogP contribution >= 0.6 is 0 Å². The molecule has 1 aliphatic rings. The lowest BCUT2D eigenvalue weighted by Crippen LogP contribution is -2.52. The summed E-state index contributed by atoms with van der Waals surface area (Å²) >= 11 is 0. The Hall–Kier alpha value is -1.66. The van der Waals surface area contributed by atoms with Crippen LogP contribution < -0.4 is 15.5 Å². The third-order valence-corrected chi connectivity index (χ3v) is 3.27. The van der Waals surface area contributed by atoms with Gasteiger partial charge in [0.1, 0.15) is 5.82 Å². The van der Waals surface area contributed by atoms with Crippen molar-refractivity contribution in [3.8, 4) is 0 Å². The summed E-state index contributed by atoms with van der Waals surface area (Å²) < 4.78 is 13.9. The van der Waals surface area contributed by atoms with Crippen LogP contribution in [0, 0.1) is 5.82 Å². The zero-order valence-corrected chi connectivity index (χ0v) is 10.8. The average molecular weight is 267 g/mol. The van der Waals surface area contributed by atoms with E-state index in [1.807, 2.05) is 4.90 Å². The molecular formula is C13H18FN3O2. The largest absolute Gasteiger partial charge is 0.395 e. The van der Waals surface area contributed by atoms with Crippen LogP contribution in [0.2, 0.25) is 0 Å². The van der Waals surface area contributed by atoms with Crippen molar-refractivity contribution in [2.24, 2.45) is 0 Å². The fraction of sp³-hybridized carbons (Fsp3) is 0.462. The summed E-state index contributed by atoms with van der Waals surface area (Å²) in [6.07, 6.45) is 0. The zero-order valence-electron chi connectivity index (χ0n) is 10.8. The van der Waals surface area contributed by atoms with E-state index in [-0.39, 0.29) is 18.2 Å². The highest BCUT2D eigenvalue weighted by Crippen LogP contribution is 2.20. The number of carbonyl (C=O) groups is 1. The maximum absolute atomic E-state index is 13.9. The summed E-state index contributed by atoms with van der Waals surface area (Å²) in [5, 5.41) is 14.7. The number of hydrogen-bond acceptors (Lipinski definition) is 4. The van der Waals surface area contributed by atoms with E-state index in [1.54, 1.807) is 6.07 Å². The van der Waals surface area contributed by atoms with Gasteiger partial charge in [0, 0.05) is 38.4 Å². The number of halogens is 1. The van der Waals surface area contributed by atoms with Gasteiger partial charge >= 0.3 is 0 Å². The van der Waals surface area contributed by atoms with Crippen LogP contribution in [-0.4, -0.2) is 50.3 Å². The molecule has 1 atom stereocenters. The van der Waals surface area contributed by atoms with Gasteiger partial charge in [-0.15, -0.1) is 0 Å². The van der Waals surface area contributed by atoms with Crippen molar-refractivity contribution >= 4 is 11.6 Å². The quantitative estimate of drug-likeness (QED) is 0.719. The van der Waals surface area contributed by atoms with Gasteiger partial charge in [0.25, 0.3) is 5.91 Å². The summed E-state index contributed by atoms with van der Waals surface area (Å²) in [5.74, 6) is -0.964. The first-order valence-corrected chi connectivity index (χ1v) is 6.26. The van der Waals surface area contributed by atoms with Crippen molar-refractivity contribution in [3.05, 3.63) is 29.6 Å². The second-order valence-corrected chi connectivity index (χ2v) is 4.52. The number of aliphatic hydroxyl groups is 1. The molecule has 0 aromatic heterocycles. The topological polar surface area (TPSA) is 64.6 Å². The molecule has 0 spiro atoms. The van der Waals surface area contributed by atoms with Crippen LogP contribution in [0.4, 0.5) is 10.1 Å². The third-order valence-electron chi connectivity index (χ3n) is 3.27. The van der Waals surface area contributed by atoms with Crippen LogP contribution in [0.5, 0.6) is 0 Å². The predicted molar refractivity (Wildman–Crippen MR) is 70.9 cm³/mol. The van der Waals surface area contributed by atoms with E-state index in [4.69, 9.17) is 5.11 Å². The smallest absolute Gasteiger partial charge is 0.253 e. The zero-order chi connectivity index (χ0) is 13.8. The van der Waals surface area contributed by atoms with Crippen molar-refractivity contribution in [1.82, 2.24) is 10.6 Å². The number of piperazine rings is 1. The highest BCUT2D eigenvalue weighted by molar-refractivity contribution is 5.94. The van der Waals surface area contributed by atoms with Crippen LogP contribution in [0.25, 0.3) is 0 Å². The van der Waals surface area contributed by atoms with Crippen LogP contribution in [0.3, 0.4) is 0 Å². The molecule has 2 rings (SSSR count). The molecule has 1 amide bonds. The SMILES string of the molecule is CNC(=O)c1ccc(N2CCN[C@@H](CO)C2)cc1F. The summed E-state index contributed by atoms with van der Waals surface area (Å²) in [6.45, 7) is 2.16. The first-order chi connectivity index (χ1) is 9.15. The van der Waals surface area contributed by atoms with Gasteiger partial charge in [-0.25, -0.2) is 4.39 Å². The first-order valence-electron chi connectivity index (χ1n) is 6.26. The normalized spacial score (nSPS) is 19.3. The van der Waals surface area contributed by atoms with Crippen molar-refractivity contribution in [2.45, 2.75) is 6.04 Å². The van der Waals surface area contributed by atoms with E-state index in [0.29, 0.717) is 6.54 Å². The summed E-state index contributed by atoms with van der Waals surface area (Å²) in [5.41, 5.74) is 0.769. The van der Waals surface area contributed by atoms with E-state index >= 15 is 0 Å².